The van der Waals surface area contributed by atoms with Crippen LogP contribution in [0.15, 0.2) is 36.8 Å². The Hall–Kier alpha value is -2.50. The third-order valence-electron chi connectivity index (χ3n) is 4.03. The van der Waals surface area contributed by atoms with E-state index in [0.29, 0.717) is 0 Å². The minimum atomic E-state index is -0.210. The maximum atomic E-state index is 12.1. The molecular weight excluding hydrogens is 292 g/mol. The summed E-state index contributed by atoms with van der Waals surface area (Å²) in [4.78, 5) is 24.2. The standard InChI is InChI=1S/C17H20N4O2/c1-12-15(4-2-9-18-12)23-14-7-5-13(6-8-14)21-17(22)16-19-10-3-11-20-16/h2-4,9-11,13-14H,5-8H2,1H3,(H,21,22). The summed E-state index contributed by atoms with van der Waals surface area (Å²) in [5.74, 6) is 0.854. The number of hydrogen-bond acceptors (Lipinski definition) is 5. The zero-order chi connectivity index (χ0) is 16.1. The molecular formula is C17H20N4O2. The SMILES string of the molecule is Cc1ncccc1OC1CCC(NC(=O)c2ncccn2)CC1. The molecule has 6 heteroatoms. The third kappa shape index (κ3) is 4.03. The van der Waals surface area contributed by atoms with Gasteiger partial charge in [-0.25, -0.2) is 9.97 Å². The lowest BCUT2D eigenvalue weighted by molar-refractivity contribution is 0.0883. The molecule has 0 saturated heterocycles. The first-order valence-electron chi connectivity index (χ1n) is 7.88. The van der Waals surface area contributed by atoms with Gasteiger partial charge >= 0.3 is 0 Å². The van der Waals surface area contributed by atoms with Gasteiger partial charge < -0.3 is 10.1 Å². The van der Waals surface area contributed by atoms with E-state index in [2.05, 4.69) is 20.3 Å². The van der Waals surface area contributed by atoms with Gasteiger partial charge in [-0.15, -0.1) is 0 Å². The van der Waals surface area contributed by atoms with Gasteiger partial charge in [0.1, 0.15) is 5.75 Å². The van der Waals surface area contributed by atoms with Crippen LogP contribution >= 0.6 is 0 Å². The Kier molecular flexibility index (Phi) is 4.80. The fourth-order valence-electron chi connectivity index (χ4n) is 2.76. The van der Waals surface area contributed by atoms with Crippen molar-refractivity contribution in [3.8, 4) is 5.75 Å². The summed E-state index contributed by atoms with van der Waals surface area (Å²) in [5, 5.41) is 3.00. The number of hydrogen-bond donors (Lipinski definition) is 1. The first-order chi connectivity index (χ1) is 11.2. The summed E-state index contributed by atoms with van der Waals surface area (Å²) in [5.41, 5.74) is 0.907. The average Bonchev–Trinajstić information content (AvgIpc) is 2.59. The lowest BCUT2D eigenvalue weighted by atomic mass is 9.93. The first-order valence-corrected chi connectivity index (χ1v) is 7.88. The molecule has 2 heterocycles. The maximum absolute atomic E-state index is 12.1. The van der Waals surface area contributed by atoms with Gasteiger partial charge in [0.05, 0.1) is 11.8 Å². The van der Waals surface area contributed by atoms with Crippen molar-refractivity contribution in [3.05, 3.63) is 48.3 Å². The van der Waals surface area contributed by atoms with Gasteiger partial charge in [-0.3, -0.25) is 9.78 Å². The van der Waals surface area contributed by atoms with E-state index < -0.39 is 0 Å². The molecule has 6 nitrogen and oxygen atoms in total. The lowest BCUT2D eigenvalue weighted by Crippen LogP contribution is -2.40. The normalized spacial score (nSPS) is 20.7. The molecule has 2 aromatic heterocycles. The average molecular weight is 312 g/mol. The number of ether oxygens (including phenoxy) is 1. The van der Waals surface area contributed by atoms with Crippen molar-refractivity contribution in [1.82, 2.24) is 20.3 Å². The van der Waals surface area contributed by atoms with E-state index in [9.17, 15) is 4.79 Å². The predicted octanol–water partition coefficient (Wildman–Crippen LogP) is 2.30. The summed E-state index contributed by atoms with van der Waals surface area (Å²) < 4.78 is 6.02. The second kappa shape index (κ2) is 7.17. The van der Waals surface area contributed by atoms with Crippen LogP contribution in [0.3, 0.4) is 0 Å². The van der Waals surface area contributed by atoms with Gasteiger partial charge in [-0.05, 0) is 50.8 Å². The van der Waals surface area contributed by atoms with Gasteiger partial charge in [0, 0.05) is 24.6 Å². The van der Waals surface area contributed by atoms with Crippen molar-refractivity contribution in [2.45, 2.75) is 44.8 Å². The van der Waals surface area contributed by atoms with Crippen LogP contribution in [0.5, 0.6) is 5.75 Å². The Morgan fingerprint density at radius 3 is 2.48 bits per heavy atom. The van der Waals surface area contributed by atoms with Crippen LogP contribution in [0.1, 0.15) is 42.0 Å². The molecule has 0 atom stereocenters. The Morgan fingerprint density at radius 2 is 1.78 bits per heavy atom. The van der Waals surface area contributed by atoms with Crippen molar-refractivity contribution < 1.29 is 9.53 Å². The number of aryl methyl sites for hydroxylation is 1. The number of nitrogens with one attached hydrogen (secondary N) is 1. The first kappa shape index (κ1) is 15.4. The lowest BCUT2D eigenvalue weighted by Gasteiger charge is -2.29. The van der Waals surface area contributed by atoms with Crippen molar-refractivity contribution in [1.29, 1.82) is 0 Å². The number of carbonyl (C=O) groups is 1. The number of pyridine rings is 1. The van der Waals surface area contributed by atoms with E-state index >= 15 is 0 Å². The molecule has 1 fully saturated rings. The predicted molar refractivity (Wildman–Crippen MR) is 85.1 cm³/mol. The highest BCUT2D eigenvalue weighted by molar-refractivity contribution is 5.90. The second-order valence-corrected chi connectivity index (χ2v) is 5.72. The molecule has 0 radical (unpaired) electrons. The number of amides is 1. The fourth-order valence-corrected chi connectivity index (χ4v) is 2.76. The number of nitrogens with zero attached hydrogens (tertiary/aromatic N) is 3. The van der Waals surface area contributed by atoms with Crippen LogP contribution in [-0.2, 0) is 0 Å². The minimum absolute atomic E-state index is 0.154. The largest absolute Gasteiger partial charge is 0.489 e. The van der Waals surface area contributed by atoms with Gasteiger partial charge in [-0.2, -0.15) is 0 Å². The van der Waals surface area contributed by atoms with Crippen molar-refractivity contribution in [2.24, 2.45) is 0 Å². The number of carbonyl (C=O) groups excluding carboxylic acids is 1. The number of aromatic nitrogens is 3. The molecule has 0 aromatic carbocycles. The molecule has 1 N–H and O–H groups in total. The van der Waals surface area contributed by atoms with Crippen LogP contribution in [0.25, 0.3) is 0 Å². The van der Waals surface area contributed by atoms with Gasteiger partial charge in [0.2, 0.25) is 5.82 Å². The Morgan fingerprint density at radius 1 is 1.09 bits per heavy atom. The van der Waals surface area contributed by atoms with Gasteiger partial charge in [0.15, 0.2) is 0 Å². The van der Waals surface area contributed by atoms with Crippen LogP contribution < -0.4 is 10.1 Å². The van der Waals surface area contributed by atoms with Gasteiger partial charge in [0.25, 0.3) is 5.91 Å². The summed E-state index contributed by atoms with van der Waals surface area (Å²) in [6, 6.07) is 5.68. The molecule has 1 amide bonds. The fraction of sp³-hybridized carbons (Fsp3) is 0.412. The summed E-state index contributed by atoms with van der Waals surface area (Å²) in [6.07, 6.45) is 8.69. The molecule has 0 bridgehead atoms. The van der Waals surface area contributed by atoms with Gasteiger partial charge in [-0.1, -0.05) is 0 Å². The van der Waals surface area contributed by atoms with Crippen LogP contribution in [0, 0.1) is 6.92 Å². The van der Waals surface area contributed by atoms with E-state index in [1.807, 2.05) is 19.1 Å². The topological polar surface area (TPSA) is 77.0 Å². The summed E-state index contributed by atoms with van der Waals surface area (Å²) >= 11 is 0. The number of rotatable bonds is 4. The van der Waals surface area contributed by atoms with Crippen LogP contribution in [-0.4, -0.2) is 33.0 Å². The van der Waals surface area contributed by atoms with E-state index in [0.717, 1.165) is 37.1 Å². The quantitative estimate of drug-likeness (QED) is 0.937. The molecule has 120 valence electrons. The molecule has 1 aliphatic carbocycles. The summed E-state index contributed by atoms with van der Waals surface area (Å²) in [6.45, 7) is 1.95. The van der Waals surface area contributed by atoms with Crippen LogP contribution in [0.4, 0.5) is 0 Å². The van der Waals surface area contributed by atoms with Crippen molar-refractivity contribution in [2.75, 3.05) is 0 Å². The minimum Gasteiger partial charge on any atom is -0.489 e. The summed E-state index contributed by atoms with van der Waals surface area (Å²) in [7, 11) is 0. The maximum Gasteiger partial charge on any atom is 0.289 e. The van der Waals surface area contributed by atoms with E-state index in [-0.39, 0.29) is 23.9 Å². The molecule has 1 saturated carbocycles. The smallest absolute Gasteiger partial charge is 0.289 e. The molecule has 0 unspecified atom stereocenters. The molecule has 23 heavy (non-hydrogen) atoms. The van der Waals surface area contributed by atoms with Crippen molar-refractivity contribution >= 4 is 5.91 Å². The highest BCUT2D eigenvalue weighted by atomic mass is 16.5. The molecule has 0 spiro atoms. The monoisotopic (exact) mass is 312 g/mol. The highest BCUT2D eigenvalue weighted by Crippen LogP contribution is 2.25. The molecule has 1 aliphatic rings. The Bertz CT molecular complexity index is 655. The van der Waals surface area contributed by atoms with Crippen molar-refractivity contribution in [3.63, 3.8) is 0 Å². The molecule has 3 rings (SSSR count). The van der Waals surface area contributed by atoms with E-state index in [4.69, 9.17) is 4.74 Å². The molecule has 0 aliphatic heterocycles. The zero-order valence-electron chi connectivity index (χ0n) is 13.1. The Balaban J connectivity index is 1.49. The van der Waals surface area contributed by atoms with Crippen LogP contribution in [0.2, 0.25) is 0 Å². The molecule has 2 aromatic rings. The second-order valence-electron chi connectivity index (χ2n) is 5.72. The zero-order valence-corrected chi connectivity index (χ0v) is 13.1. The van der Waals surface area contributed by atoms with E-state index in [1.165, 1.54) is 0 Å². The third-order valence-corrected chi connectivity index (χ3v) is 4.03. The highest BCUT2D eigenvalue weighted by Gasteiger charge is 2.24. The Labute approximate surface area is 135 Å². The van der Waals surface area contributed by atoms with E-state index in [1.54, 1.807) is 24.7 Å².